The van der Waals surface area contributed by atoms with Gasteiger partial charge >= 0.3 is 0 Å². The van der Waals surface area contributed by atoms with Crippen molar-refractivity contribution < 1.29 is 0 Å². The first-order valence-electron chi connectivity index (χ1n) is 6.19. The molecule has 1 saturated carbocycles. The third-order valence-corrected chi connectivity index (χ3v) is 3.44. The van der Waals surface area contributed by atoms with Crippen molar-refractivity contribution in [1.82, 2.24) is 9.55 Å². The number of hydrogen-bond acceptors (Lipinski definition) is 1. The normalized spacial score (nSPS) is 16.2. The molecule has 1 aliphatic carbocycles. The summed E-state index contributed by atoms with van der Waals surface area (Å²) in [5.41, 5.74) is 2.48. The lowest BCUT2D eigenvalue weighted by Gasteiger charge is -2.06. The summed E-state index contributed by atoms with van der Waals surface area (Å²) in [6.07, 6.45) is 6.99. The van der Waals surface area contributed by atoms with Crippen LogP contribution >= 0.6 is 0 Å². The molecule has 2 aromatic heterocycles. The highest BCUT2D eigenvalue weighted by Gasteiger charge is 2.22. The lowest BCUT2D eigenvalue weighted by molar-refractivity contribution is 0.642. The number of fused-ring (bicyclic) bond motifs is 1. The van der Waals surface area contributed by atoms with Crippen LogP contribution in [-0.2, 0) is 6.54 Å². The minimum Gasteiger partial charge on any atom is -0.332 e. The molecule has 2 nitrogen and oxygen atoms in total. The summed E-state index contributed by atoms with van der Waals surface area (Å²) in [4.78, 5) is 4.61. The van der Waals surface area contributed by atoms with Crippen LogP contribution in [0.2, 0.25) is 0 Å². The molecular weight excluding hydrogens is 196 g/mol. The summed E-state index contributed by atoms with van der Waals surface area (Å²) in [5.74, 6) is 1.46. The molecule has 84 valence electrons. The maximum atomic E-state index is 4.61. The summed E-state index contributed by atoms with van der Waals surface area (Å²) in [6.45, 7) is 5.58. The smallest absolute Gasteiger partial charge is 0.139 e. The number of pyridine rings is 1. The van der Waals surface area contributed by atoms with Gasteiger partial charge in [-0.15, -0.1) is 0 Å². The molecule has 0 aromatic carbocycles. The monoisotopic (exact) mass is 214 g/mol. The van der Waals surface area contributed by atoms with Crippen LogP contribution in [0.4, 0.5) is 0 Å². The number of rotatable bonds is 3. The summed E-state index contributed by atoms with van der Waals surface area (Å²) in [5, 5.41) is 1.28. The van der Waals surface area contributed by atoms with Gasteiger partial charge in [0.15, 0.2) is 0 Å². The molecule has 0 N–H and O–H groups in total. The Bertz CT molecular complexity index is 506. The average Bonchev–Trinajstić information content (AvgIpc) is 2.99. The Morgan fingerprint density at radius 2 is 2.25 bits per heavy atom. The van der Waals surface area contributed by atoms with Crippen LogP contribution < -0.4 is 0 Å². The Balaban J connectivity index is 1.99. The van der Waals surface area contributed by atoms with E-state index in [0.717, 1.165) is 18.1 Å². The molecule has 0 bridgehead atoms. The molecule has 0 aliphatic heterocycles. The first-order chi connectivity index (χ1) is 7.74. The van der Waals surface area contributed by atoms with Crippen molar-refractivity contribution in [2.24, 2.45) is 5.92 Å². The highest BCUT2D eigenvalue weighted by Crippen LogP contribution is 2.32. The van der Waals surface area contributed by atoms with Gasteiger partial charge in [0, 0.05) is 24.3 Å². The van der Waals surface area contributed by atoms with Crippen LogP contribution in [0.5, 0.6) is 0 Å². The van der Waals surface area contributed by atoms with Crippen molar-refractivity contribution in [1.29, 1.82) is 0 Å². The summed E-state index contributed by atoms with van der Waals surface area (Å²) < 4.78 is 2.30. The number of hydrogen-bond donors (Lipinski definition) is 0. The molecule has 2 heterocycles. The molecular formula is C14H18N2. The van der Waals surface area contributed by atoms with Crippen LogP contribution in [0.25, 0.3) is 11.0 Å². The fourth-order valence-electron chi connectivity index (χ4n) is 2.14. The Kier molecular flexibility index (Phi) is 2.23. The maximum Gasteiger partial charge on any atom is 0.139 e. The zero-order valence-corrected chi connectivity index (χ0v) is 9.98. The summed E-state index contributed by atoms with van der Waals surface area (Å²) in [7, 11) is 0. The Labute approximate surface area is 96.3 Å². The van der Waals surface area contributed by atoms with E-state index >= 15 is 0 Å². The number of nitrogens with zero attached hydrogens (tertiary/aromatic N) is 2. The summed E-state index contributed by atoms with van der Waals surface area (Å²) >= 11 is 0. The van der Waals surface area contributed by atoms with Crippen molar-refractivity contribution in [3.05, 3.63) is 30.1 Å². The molecule has 2 heteroatoms. The predicted octanol–water partition coefficient (Wildman–Crippen LogP) is 3.57. The van der Waals surface area contributed by atoms with Gasteiger partial charge in [0.25, 0.3) is 0 Å². The molecule has 1 fully saturated rings. The zero-order valence-electron chi connectivity index (χ0n) is 9.98. The van der Waals surface area contributed by atoms with Gasteiger partial charge in [-0.2, -0.15) is 0 Å². The summed E-state index contributed by atoms with van der Waals surface area (Å²) in [6, 6.07) is 4.47. The van der Waals surface area contributed by atoms with Gasteiger partial charge in [-0.1, -0.05) is 13.8 Å². The second-order valence-electron chi connectivity index (χ2n) is 5.25. The topological polar surface area (TPSA) is 17.8 Å². The Morgan fingerprint density at radius 3 is 2.94 bits per heavy atom. The molecule has 0 saturated heterocycles. The van der Waals surface area contributed by atoms with E-state index in [1.165, 1.54) is 23.8 Å². The molecule has 0 spiro atoms. The third kappa shape index (κ3) is 1.73. The number of aromatic nitrogens is 2. The molecule has 0 amide bonds. The SMILES string of the molecule is CC(C)c1cnc2c(ccn2CC2CC2)c1. The maximum absolute atomic E-state index is 4.61. The first-order valence-corrected chi connectivity index (χ1v) is 6.19. The second kappa shape index (κ2) is 3.62. The van der Waals surface area contributed by atoms with E-state index in [4.69, 9.17) is 0 Å². The largest absolute Gasteiger partial charge is 0.332 e. The fraction of sp³-hybridized carbons (Fsp3) is 0.500. The van der Waals surface area contributed by atoms with Crippen LogP contribution in [0.15, 0.2) is 24.5 Å². The highest BCUT2D eigenvalue weighted by atomic mass is 15.0. The molecule has 0 unspecified atom stereocenters. The van der Waals surface area contributed by atoms with Crippen LogP contribution in [-0.4, -0.2) is 9.55 Å². The lowest BCUT2D eigenvalue weighted by Crippen LogP contribution is -1.99. The van der Waals surface area contributed by atoms with Crippen molar-refractivity contribution in [2.75, 3.05) is 0 Å². The van der Waals surface area contributed by atoms with Gasteiger partial charge in [0.2, 0.25) is 0 Å². The minimum atomic E-state index is 0.559. The van der Waals surface area contributed by atoms with Crippen molar-refractivity contribution in [3.63, 3.8) is 0 Å². The Hall–Kier alpha value is -1.31. The van der Waals surface area contributed by atoms with E-state index in [1.54, 1.807) is 0 Å². The first kappa shape index (κ1) is 9.88. The highest BCUT2D eigenvalue weighted by molar-refractivity contribution is 5.76. The van der Waals surface area contributed by atoms with Crippen molar-refractivity contribution in [2.45, 2.75) is 39.2 Å². The molecule has 0 atom stereocenters. The van der Waals surface area contributed by atoms with Gasteiger partial charge in [-0.25, -0.2) is 4.98 Å². The Morgan fingerprint density at radius 1 is 1.44 bits per heavy atom. The quantitative estimate of drug-likeness (QED) is 0.763. The molecule has 2 aromatic rings. The van der Waals surface area contributed by atoms with Gasteiger partial charge < -0.3 is 4.57 Å². The van der Waals surface area contributed by atoms with E-state index in [2.05, 4.69) is 41.7 Å². The van der Waals surface area contributed by atoms with E-state index < -0.39 is 0 Å². The van der Waals surface area contributed by atoms with Crippen molar-refractivity contribution in [3.8, 4) is 0 Å². The minimum absolute atomic E-state index is 0.559. The molecule has 3 rings (SSSR count). The third-order valence-electron chi connectivity index (χ3n) is 3.44. The van der Waals surface area contributed by atoms with Crippen LogP contribution in [0.3, 0.4) is 0 Å². The standard InChI is InChI=1S/C14H18N2/c1-10(2)13-7-12-5-6-16(9-11-3-4-11)14(12)15-8-13/h5-8,10-11H,3-4,9H2,1-2H3. The lowest BCUT2D eigenvalue weighted by atomic mass is 10.1. The van der Waals surface area contributed by atoms with Gasteiger partial charge in [0.1, 0.15) is 5.65 Å². The van der Waals surface area contributed by atoms with Gasteiger partial charge in [0.05, 0.1) is 0 Å². The molecule has 0 radical (unpaired) electrons. The molecule has 16 heavy (non-hydrogen) atoms. The van der Waals surface area contributed by atoms with E-state index in [9.17, 15) is 0 Å². The predicted molar refractivity (Wildman–Crippen MR) is 66.5 cm³/mol. The van der Waals surface area contributed by atoms with E-state index in [-0.39, 0.29) is 0 Å². The van der Waals surface area contributed by atoms with E-state index in [0.29, 0.717) is 5.92 Å². The fourth-order valence-corrected chi connectivity index (χ4v) is 2.14. The van der Waals surface area contributed by atoms with Crippen molar-refractivity contribution >= 4 is 11.0 Å². The van der Waals surface area contributed by atoms with Crippen LogP contribution in [0, 0.1) is 5.92 Å². The zero-order chi connectivity index (χ0) is 11.1. The second-order valence-corrected chi connectivity index (χ2v) is 5.25. The van der Waals surface area contributed by atoms with Gasteiger partial charge in [-0.05, 0) is 42.4 Å². The van der Waals surface area contributed by atoms with E-state index in [1.807, 2.05) is 6.20 Å². The van der Waals surface area contributed by atoms with Gasteiger partial charge in [-0.3, -0.25) is 0 Å². The molecule has 1 aliphatic rings. The average molecular weight is 214 g/mol. The van der Waals surface area contributed by atoms with Crippen LogP contribution in [0.1, 0.15) is 38.2 Å².